The van der Waals surface area contributed by atoms with Crippen molar-refractivity contribution in [2.75, 3.05) is 11.6 Å². The van der Waals surface area contributed by atoms with Gasteiger partial charge in [0, 0.05) is 21.6 Å². The van der Waals surface area contributed by atoms with E-state index in [9.17, 15) is 4.79 Å². The van der Waals surface area contributed by atoms with Gasteiger partial charge in [-0.25, -0.2) is 4.79 Å². The Bertz CT molecular complexity index is 1330. The van der Waals surface area contributed by atoms with Gasteiger partial charge in [0.1, 0.15) is 11.3 Å². The van der Waals surface area contributed by atoms with Crippen molar-refractivity contribution in [3.63, 3.8) is 0 Å². The van der Waals surface area contributed by atoms with Gasteiger partial charge in [0.2, 0.25) is 0 Å². The summed E-state index contributed by atoms with van der Waals surface area (Å²) in [5.41, 5.74) is 4.77. The molecule has 5 rings (SSSR count). The third-order valence-corrected chi connectivity index (χ3v) is 6.51. The van der Waals surface area contributed by atoms with Crippen LogP contribution in [0.5, 0.6) is 5.75 Å². The topological polar surface area (TPSA) is 42.7 Å². The molecule has 1 aliphatic heterocycles. The number of hydrogen-bond donors (Lipinski definition) is 0. The number of aryl methyl sites for hydroxylation is 1. The summed E-state index contributed by atoms with van der Waals surface area (Å²) in [7, 11) is 0. The third kappa shape index (κ3) is 3.28. The molecule has 3 aromatic carbocycles. The van der Waals surface area contributed by atoms with Gasteiger partial charge in [0.15, 0.2) is 6.73 Å². The fourth-order valence-electron chi connectivity index (χ4n) is 3.84. The maximum Gasteiger partial charge on any atom is 0.336 e. The molecular formula is C24H17BrClNO3. The Morgan fingerprint density at radius 3 is 2.63 bits per heavy atom. The summed E-state index contributed by atoms with van der Waals surface area (Å²) in [6.07, 6.45) is 0. The van der Waals surface area contributed by atoms with Crippen LogP contribution in [0.3, 0.4) is 0 Å². The fraction of sp³-hybridized carbons (Fsp3) is 0.125. The van der Waals surface area contributed by atoms with E-state index in [1.807, 2.05) is 55.5 Å². The number of ether oxygens (including phenoxy) is 1. The third-order valence-electron chi connectivity index (χ3n) is 5.34. The van der Waals surface area contributed by atoms with Crippen molar-refractivity contribution in [2.45, 2.75) is 13.5 Å². The van der Waals surface area contributed by atoms with Crippen molar-refractivity contribution in [2.24, 2.45) is 0 Å². The molecule has 0 atom stereocenters. The van der Waals surface area contributed by atoms with Gasteiger partial charge >= 0.3 is 5.63 Å². The van der Waals surface area contributed by atoms with Crippen molar-refractivity contribution in [3.8, 4) is 16.9 Å². The summed E-state index contributed by atoms with van der Waals surface area (Å²) in [5, 5.41) is 1.30. The summed E-state index contributed by atoms with van der Waals surface area (Å²) in [6, 6.07) is 19.2. The van der Waals surface area contributed by atoms with Crippen LogP contribution in [0.2, 0.25) is 5.02 Å². The molecule has 0 unspecified atom stereocenters. The standard InChI is InChI=1S/C24H17BrClNO3/c1-14-9-16(7-8-20(14)25)27-12-19-23-18(10-21(26)24(19)29-13-27)17(11-22(28)30-23)15-5-3-2-4-6-15/h2-11H,12-13H2,1H3. The quantitative estimate of drug-likeness (QED) is 0.304. The highest BCUT2D eigenvalue weighted by Gasteiger charge is 2.26. The molecule has 4 nitrogen and oxygen atoms in total. The van der Waals surface area contributed by atoms with Gasteiger partial charge in [-0.15, -0.1) is 0 Å². The van der Waals surface area contributed by atoms with Crippen LogP contribution in [0.1, 0.15) is 11.1 Å². The highest BCUT2D eigenvalue weighted by Crippen LogP contribution is 2.42. The number of benzene rings is 3. The summed E-state index contributed by atoms with van der Waals surface area (Å²) in [6.45, 7) is 2.93. The minimum Gasteiger partial charge on any atom is -0.471 e. The lowest BCUT2D eigenvalue weighted by Crippen LogP contribution is -2.32. The highest BCUT2D eigenvalue weighted by molar-refractivity contribution is 9.10. The Hall–Kier alpha value is -2.76. The zero-order valence-electron chi connectivity index (χ0n) is 16.1. The van der Waals surface area contributed by atoms with E-state index in [0.717, 1.165) is 37.8 Å². The van der Waals surface area contributed by atoms with Gasteiger partial charge in [0.25, 0.3) is 0 Å². The SMILES string of the molecule is Cc1cc(N2COc3c(Cl)cc4c(-c5ccccc5)cc(=O)oc4c3C2)ccc1Br. The second-order valence-corrected chi connectivity index (χ2v) is 8.55. The molecule has 0 amide bonds. The lowest BCUT2D eigenvalue weighted by atomic mass is 9.99. The van der Waals surface area contributed by atoms with Crippen molar-refractivity contribution in [3.05, 3.63) is 91.7 Å². The van der Waals surface area contributed by atoms with E-state index < -0.39 is 5.63 Å². The maximum atomic E-state index is 12.4. The molecule has 2 heterocycles. The molecule has 1 aliphatic rings. The Morgan fingerprint density at radius 1 is 1.07 bits per heavy atom. The van der Waals surface area contributed by atoms with Gasteiger partial charge in [-0.2, -0.15) is 0 Å². The van der Waals surface area contributed by atoms with Crippen LogP contribution in [0.15, 0.2) is 74.3 Å². The predicted octanol–water partition coefficient (Wildman–Crippen LogP) is 6.54. The average Bonchev–Trinajstić information content (AvgIpc) is 2.76. The first-order valence-electron chi connectivity index (χ1n) is 9.50. The van der Waals surface area contributed by atoms with E-state index in [1.54, 1.807) is 0 Å². The van der Waals surface area contributed by atoms with Gasteiger partial charge in [-0.1, -0.05) is 57.9 Å². The Kier molecular flexibility index (Phi) is 4.80. The first-order chi connectivity index (χ1) is 14.5. The first kappa shape index (κ1) is 19.2. The zero-order chi connectivity index (χ0) is 20.8. The van der Waals surface area contributed by atoms with Crippen LogP contribution in [-0.4, -0.2) is 6.73 Å². The molecule has 0 saturated heterocycles. The van der Waals surface area contributed by atoms with Gasteiger partial charge in [-0.3, -0.25) is 0 Å². The molecule has 0 bridgehead atoms. The average molecular weight is 483 g/mol. The van der Waals surface area contributed by atoms with Crippen LogP contribution >= 0.6 is 27.5 Å². The Morgan fingerprint density at radius 2 is 1.87 bits per heavy atom. The molecule has 30 heavy (non-hydrogen) atoms. The zero-order valence-corrected chi connectivity index (χ0v) is 18.5. The first-order valence-corrected chi connectivity index (χ1v) is 10.7. The van der Waals surface area contributed by atoms with E-state index in [1.165, 1.54) is 6.07 Å². The van der Waals surface area contributed by atoms with E-state index >= 15 is 0 Å². The molecule has 0 saturated carbocycles. The summed E-state index contributed by atoms with van der Waals surface area (Å²) >= 11 is 10.1. The van der Waals surface area contributed by atoms with Gasteiger partial charge in [-0.05, 0) is 47.9 Å². The monoisotopic (exact) mass is 481 g/mol. The van der Waals surface area contributed by atoms with Crippen molar-refractivity contribution >= 4 is 44.2 Å². The largest absolute Gasteiger partial charge is 0.471 e. The second kappa shape index (κ2) is 7.49. The molecule has 0 N–H and O–H groups in total. The van der Waals surface area contributed by atoms with Crippen LogP contribution in [0.25, 0.3) is 22.1 Å². The van der Waals surface area contributed by atoms with E-state index in [-0.39, 0.29) is 0 Å². The number of nitrogens with zero attached hydrogens (tertiary/aromatic N) is 1. The number of hydrogen-bond acceptors (Lipinski definition) is 4. The van der Waals surface area contributed by atoms with E-state index in [4.69, 9.17) is 20.8 Å². The molecular weight excluding hydrogens is 466 g/mol. The number of anilines is 1. The molecule has 4 aromatic rings. The summed E-state index contributed by atoms with van der Waals surface area (Å²) < 4.78 is 12.7. The van der Waals surface area contributed by atoms with Gasteiger partial charge in [0.05, 0.1) is 17.1 Å². The van der Waals surface area contributed by atoms with Crippen molar-refractivity contribution in [1.82, 2.24) is 0 Å². The molecule has 1 aromatic heterocycles. The van der Waals surface area contributed by atoms with E-state index in [0.29, 0.717) is 29.6 Å². The predicted molar refractivity (Wildman–Crippen MR) is 123 cm³/mol. The summed E-state index contributed by atoms with van der Waals surface area (Å²) in [4.78, 5) is 14.5. The number of halogens is 2. The van der Waals surface area contributed by atoms with Crippen molar-refractivity contribution in [1.29, 1.82) is 0 Å². The molecule has 0 fully saturated rings. The minimum absolute atomic E-state index is 0.363. The smallest absolute Gasteiger partial charge is 0.336 e. The number of rotatable bonds is 2. The summed E-state index contributed by atoms with van der Waals surface area (Å²) in [5.74, 6) is 0.572. The molecule has 150 valence electrons. The minimum atomic E-state index is -0.400. The second-order valence-electron chi connectivity index (χ2n) is 7.29. The fourth-order valence-corrected chi connectivity index (χ4v) is 4.36. The number of fused-ring (bicyclic) bond motifs is 3. The maximum absolute atomic E-state index is 12.4. The van der Waals surface area contributed by atoms with Crippen LogP contribution < -0.4 is 15.3 Å². The molecule has 0 aliphatic carbocycles. The molecule has 0 radical (unpaired) electrons. The Balaban J connectivity index is 1.69. The lowest BCUT2D eigenvalue weighted by Gasteiger charge is -2.32. The van der Waals surface area contributed by atoms with Crippen LogP contribution in [-0.2, 0) is 6.54 Å². The van der Waals surface area contributed by atoms with Gasteiger partial charge < -0.3 is 14.1 Å². The Labute approximate surface area is 186 Å². The van der Waals surface area contributed by atoms with Crippen LogP contribution in [0.4, 0.5) is 5.69 Å². The lowest BCUT2D eigenvalue weighted by molar-refractivity contribution is 0.289. The molecule has 6 heteroatoms. The van der Waals surface area contributed by atoms with Crippen molar-refractivity contribution < 1.29 is 9.15 Å². The van der Waals surface area contributed by atoms with E-state index in [2.05, 4.69) is 26.9 Å². The van der Waals surface area contributed by atoms with Crippen LogP contribution in [0, 0.1) is 6.92 Å². The normalized spacial score (nSPS) is 13.2. The highest BCUT2D eigenvalue weighted by atomic mass is 79.9. The molecule has 0 spiro atoms.